The number of methoxy groups -OCH3 is 1. The summed E-state index contributed by atoms with van der Waals surface area (Å²) in [7, 11) is 1.58. The van der Waals surface area contributed by atoms with Gasteiger partial charge in [-0.15, -0.1) is 0 Å². The molecule has 1 heterocycles. The van der Waals surface area contributed by atoms with Crippen LogP contribution in [0, 0.1) is 0 Å². The minimum Gasteiger partial charge on any atom is -0.497 e. The lowest BCUT2D eigenvalue weighted by atomic mass is 10.1. The zero-order valence-electron chi connectivity index (χ0n) is 17.9. The van der Waals surface area contributed by atoms with Crippen LogP contribution < -0.4 is 9.47 Å². The predicted octanol–water partition coefficient (Wildman–Crippen LogP) is 5.77. The van der Waals surface area contributed by atoms with Gasteiger partial charge < -0.3 is 18.6 Å². The molecule has 0 aliphatic heterocycles. The summed E-state index contributed by atoms with van der Waals surface area (Å²) in [5.41, 5.74) is 2.45. The van der Waals surface area contributed by atoms with Gasteiger partial charge in [-0.1, -0.05) is 60.7 Å². The Morgan fingerprint density at radius 1 is 0.969 bits per heavy atom. The van der Waals surface area contributed by atoms with Gasteiger partial charge in [0.1, 0.15) is 18.1 Å². The quantitative estimate of drug-likeness (QED) is 0.331. The third kappa shape index (κ3) is 4.64. The molecule has 162 valence electrons. The maximum atomic E-state index is 12.6. The fourth-order valence-corrected chi connectivity index (χ4v) is 3.22. The van der Waals surface area contributed by atoms with E-state index in [2.05, 4.69) is 4.98 Å². The first-order valence-electron chi connectivity index (χ1n) is 10.3. The first-order chi connectivity index (χ1) is 15.7. The maximum Gasteiger partial charge on any atom is 0.361 e. The zero-order chi connectivity index (χ0) is 22.3. The minimum atomic E-state index is -0.545. The summed E-state index contributed by atoms with van der Waals surface area (Å²) in [5.74, 6) is 1.22. The fraction of sp³-hybridized carbons (Fsp3) is 0.154. The van der Waals surface area contributed by atoms with E-state index in [-0.39, 0.29) is 18.2 Å². The molecule has 1 aromatic heterocycles. The van der Waals surface area contributed by atoms with E-state index >= 15 is 0 Å². The molecule has 3 aromatic carbocycles. The van der Waals surface area contributed by atoms with Crippen molar-refractivity contribution in [3.63, 3.8) is 0 Å². The molecule has 32 heavy (non-hydrogen) atoms. The number of hydrogen-bond acceptors (Lipinski definition) is 6. The molecule has 0 atom stereocenters. The molecule has 4 aromatic rings. The van der Waals surface area contributed by atoms with Crippen LogP contribution in [0.2, 0.25) is 0 Å². The SMILES string of the molecule is CCOC(=O)c1nc(-c2cc(OC)ccc2OCc2ccccc2)oc1-c1ccccc1. The Balaban J connectivity index is 1.77. The lowest BCUT2D eigenvalue weighted by Gasteiger charge is -2.11. The van der Waals surface area contributed by atoms with E-state index < -0.39 is 5.97 Å². The van der Waals surface area contributed by atoms with E-state index in [9.17, 15) is 4.79 Å². The molecule has 0 amide bonds. The highest BCUT2D eigenvalue weighted by Gasteiger charge is 2.25. The summed E-state index contributed by atoms with van der Waals surface area (Å²) in [6.07, 6.45) is 0. The van der Waals surface area contributed by atoms with Gasteiger partial charge in [0.2, 0.25) is 5.89 Å². The van der Waals surface area contributed by atoms with Crippen molar-refractivity contribution in [2.45, 2.75) is 13.5 Å². The summed E-state index contributed by atoms with van der Waals surface area (Å²) < 4.78 is 22.8. The second-order valence-electron chi connectivity index (χ2n) is 6.92. The van der Waals surface area contributed by atoms with Gasteiger partial charge >= 0.3 is 5.97 Å². The van der Waals surface area contributed by atoms with Crippen molar-refractivity contribution >= 4 is 5.97 Å². The summed E-state index contributed by atoms with van der Waals surface area (Å²) >= 11 is 0. The molecule has 4 rings (SSSR count). The number of carbonyl (C=O) groups excluding carboxylic acids is 1. The van der Waals surface area contributed by atoms with E-state index in [1.54, 1.807) is 32.2 Å². The summed E-state index contributed by atoms with van der Waals surface area (Å²) in [5, 5.41) is 0. The Hall–Kier alpha value is -4.06. The van der Waals surface area contributed by atoms with Crippen LogP contribution in [0.4, 0.5) is 0 Å². The number of oxazole rings is 1. The maximum absolute atomic E-state index is 12.6. The molecule has 6 heteroatoms. The number of esters is 1. The smallest absolute Gasteiger partial charge is 0.361 e. The van der Waals surface area contributed by atoms with Gasteiger partial charge in [0, 0.05) is 5.56 Å². The number of hydrogen-bond donors (Lipinski definition) is 0. The largest absolute Gasteiger partial charge is 0.497 e. The highest BCUT2D eigenvalue weighted by atomic mass is 16.5. The third-order valence-corrected chi connectivity index (χ3v) is 4.79. The normalized spacial score (nSPS) is 10.6. The van der Waals surface area contributed by atoms with Crippen molar-refractivity contribution < 1.29 is 23.4 Å². The van der Waals surface area contributed by atoms with Crippen LogP contribution in [0.3, 0.4) is 0 Å². The third-order valence-electron chi connectivity index (χ3n) is 4.79. The van der Waals surface area contributed by atoms with E-state index in [1.165, 1.54) is 0 Å². The van der Waals surface area contributed by atoms with Crippen LogP contribution >= 0.6 is 0 Å². The van der Waals surface area contributed by atoms with Crippen LogP contribution in [-0.2, 0) is 11.3 Å². The van der Waals surface area contributed by atoms with Crippen LogP contribution in [-0.4, -0.2) is 24.7 Å². The molecular formula is C26H23NO5. The predicted molar refractivity (Wildman–Crippen MR) is 121 cm³/mol. The Morgan fingerprint density at radius 3 is 2.38 bits per heavy atom. The summed E-state index contributed by atoms with van der Waals surface area (Å²) in [4.78, 5) is 17.1. The molecule has 0 saturated heterocycles. The molecule has 0 spiro atoms. The Labute approximate surface area is 186 Å². The lowest BCUT2D eigenvalue weighted by Crippen LogP contribution is -2.06. The van der Waals surface area contributed by atoms with Crippen molar-refractivity contribution in [2.24, 2.45) is 0 Å². The van der Waals surface area contributed by atoms with E-state index in [0.717, 1.165) is 11.1 Å². The lowest BCUT2D eigenvalue weighted by molar-refractivity contribution is 0.0520. The number of rotatable bonds is 8. The zero-order valence-corrected chi connectivity index (χ0v) is 17.9. The number of carbonyl (C=O) groups is 1. The van der Waals surface area contributed by atoms with E-state index in [1.807, 2.05) is 60.7 Å². The van der Waals surface area contributed by atoms with Gasteiger partial charge in [0.25, 0.3) is 0 Å². The van der Waals surface area contributed by atoms with Crippen molar-refractivity contribution in [1.82, 2.24) is 4.98 Å². The number of aromatic nitrogens is 1. The van der Waals surface area contributed by atoms with Crippen LogP contribution in [0.5, 0.6) is 11.5 Å². The average molecular weight is 429 g/mol. The molecule has 0 aliphatic rings. The molecule has 0 saturated carbocycles. The molecule has 0 N–H and O–H groups in total. The van der Waals surface area contributed by atoms with Gasteiger partial charge in [0.15, 0.2) is 11.5 Å². The molecule has 0 bridgehead atoms. The first-order valence-corrected chi connectivity index (χ1v) is 10.3. The highest BCUT2D eigenvalue weighted by molar-refractivity contribution is 5.94. The Morgan fingerprint density at radius 2 is 1.69 bits per heavy atom. The first kappa shape index (κ1) is 21.2. The number of benzene rings is 3. The summed E-state index contributed by atoms with van der Waals surface area (Å²) in [6, 6.07) is 24.6. The molecule has 0 aliphatic carbocycles. The van der Waals surface area contributed by atoms with E-state index in [0.29, 0.717) is 29.4 Å². The van der Waals surface area contributed by atoms with Gasteiger partial charge in [-0.25, -0.2) is 9.78 Å². The van der Waals surface area contributed by atoms with Gasteiger partial charge in [-0.05, 0) is 30.7 Å². The minimum absolute atomic E-state index is 0.116. The second-order valence-corrected chi connectivity index (χ2v) is 6.92. The molecule has 0 unspecified atom stereocenters. The number of ether oxygens (including phenoxy) is 3. The molecular weight excluding hydrogens is 406 g/mol. The number of nitrogens with zero attached hydrogens (tertiary/aromatic N) is 1. The van der Waals surface area contributed by atoms with Crippen LogP contribution in [0.1, 0.15) is 23.0 Å². The standard InChI is InChI=1S/C26H23NO5/c1-3-30-26(28)23-24(19-12-8-5-9-13-19)32-25(27-23)21-16-20(29-2)14-15-22(21)31-17-18-10-6-4-7-11-18/h4-16H,3,17H2,1-2H3. The van der Waals surface area contributed by atoms with Gasteiger partial charge in [0.05, 0.1) is 19.3 Å². The van der Waals surface area contributed by atoms with Gasteiger partial charge in [-0.3, -0.25) is 0 Å². The van der Waals surface area contributed by atoms with E-state index in [4.69, 9.17) is 18.6 Å². The Kier molecular flexibility index (Phi) is 6.51. The average Bonchev–Trinajstić information content (AvgIpc) is 3.29. The molecule has 0 radical (unpaired) electrons. The molecule has 6 nitrogen and oxygen atoms in total. The van der Waals surface area contributed by atoms with Crippen LogP contribution in [0.25, 0.3) is 22.8 Å². The second kappa shape index (κ2) is 9.83. The monoisotopic (exact) mass is 429 g/mol. The van der Waals surface area contributed by atoms with Crippen molar-refractivity contribution in [3.8, 4) is 34.3 Å². The van der Waals surface area contributed by atoms with Gasteiger partial charge in [-0.2, -0.15) is 0 Å². The van der Waals surface area contributed by atoms with Crippen molar-refractivity contribution in [1.29, 1.82) is 0 Å². The van der Waals surface area contributed by atoms with Crippen molar-refractivity contribution in [2.75, 3.05) is 13.7 Å². The topological polar surface area (TPSA) is 70.8 Å². The van der Waals surface area contributed by atoms with Crippen LogP contribution in [0.15, 0.2) is 83.3 Å². The summed E-state index contributed by atoms with van der Waals surface area (Å²) in [6.45, 7) is 2.36. The molecule has 0 fully saturated rings. The Bertz CT molecular complexity index is 1190. The van der Waals surface area contributed by atoms with Crippen molar-refractivity contribution in [3.05, 3.63) is 90.1 Å². The highest BCUT2D eigenvalue weighted by Crippen LogP contribution is 2.37. The fourth-order valence-electron chi connectivity index (χ4n) is 3.22.